The van der Waals surface area contributed by atoms with Gasteiger partial charge in [-0.2, -0.15) is 0 Å². The molecule has 0 spiro atoms. The van der Waals surface area contributed by atoms with Gasteiger partial charge in [-0.3, -0.25) is 4.40 Å². The van der Waals surface area contributed by atoms with Crippen LogP contribution in [0.1, 0.15) is 0 Å². The molecule has 25 heavy (non-hydrogen) atoms. The summed E-state index contributed by atoms with van der Waals surface area (Å²) in [5, 5.41) is 4.21. The van der Waals surface area contributed by atoms with Crippen molar-refractivity contribution < 1.29 is 13.2 Å². The van der Waals surface area contributed by atoms with Gasteiger partial charge in [0, 0.05) is 20.3 Å². The molecule has 0 N–H and O–H groups in total. The predicted octanol–water partition coefficient (Wildman–Crippen LogP) is 0.825. The first-order chi connectivity index (χ1) is 11.9. The van der Waals surface area contributed by atoms with Crippen molar-refractivity contribution in [2.75, 3.05) is 20.7 Å². The molecule has 0 fully saturated rings. The summed E-state index contributed by atoms with van der Waals surface area (Å²) < 4.78 is 33.5. The average Bonchev–Trinajstić information content (AvgIpc) is 2.92. The Balaban J connectivity index is 1.66. The summed E-state index contributed by atoms with van der Waals surface area (Å²) in [4.78, 5) is 12.3. The number of rotatable bonds is 6. The van der Waals surface area contributed by atoms with Crippen LogP contribution in [-0.4, -0.2) is 47.6 Å². The number of fused-ring (bicyclic) bond motifs is 1. The van der Waals surface area contributed by atoms with Crippen molar-refractivity contribution in [1.82, 2.24) is 18.5 Å². The minimum Gasteiger partial charge on any atom is -0.492 e. The molecule has 0 bridgehead atoms. The molecule has 0 aliphatic heterocycles. The Hall–Kier alpha value is -2.65. The highest BCUT2D eigenvalue weighted by atomic mass is 32.2. The number of aromatic nitrogens is 3. The maximum Gasteiger partial charge on any atom is 0.350 e. The maximum absolute atomic E-state index is 12.1. The lowest BCUT2D eigenvalue weighted by Crippen LogP contribution is -2.24. The van der Waals surface area contributed by atoms with Crippen LogP contribution in [0.3, 0.4) is 0 Å². The standard InChI is InChI=1S/C16H18N4O4S/c1-18(2)25(22,23)14-8-6-13(7-9-14)24-12-11-20-16(21)19-10-4-3-5-15(19)17-20/h3-10H,11-12H2,1-2H3. The number of pyridine rings is 1. The second-order valence-electron chi connectivity index (χ2n) is 5.54. The molecule has 0 aliphatic carbocycles. The zero-order valence-corrected chi connectivity index (χ0v) is 14.7. The lowest BCUT2D eigenvalue weighted by Gasteiger charge is -2.12. The van der Waals surface area contributed by atoms with E-state index >= 15 is 0 Å². The molecular formula is C16H18N4O4S. The van der Waals surface area contributed by atoms with E-state index in [1.807, 2.05) is 6.07 Å². The molecule has 9 heteroatoms. The van der Waals surface area contributed by atoms with Crippen molar-refractivity contribution in [3.05, 3.63) is 59.1 Å². The van der Waals surface area contributed by atoms with Gasteiger partial charge in [0.15, 0.2) is 5.65 Å². The smallest absolute Gasteiger partial charge is 0.350 e. The van der Waals surface area contributed by atoms with Crippen molar-refractivity contribution in [2.24, 2.45) is 0 Å². The topological polar surface area (TPSA) is 85.9 Å². The minimum absolute atomic E-state index is 0.196. The molecule has 3 aromatic rings. The van der Waals surface area contributed by atoms with E-state index in [9.17, 15) is 13.2 Å². The van der Waals surface area contributed by atoms with Crippen LogP contribution in [0, 0.1) is 0 Å². The fraction of sp³-hybridized carbons (Fsp3) is 0.250. The number of sulfonamides is 1. The highest BCUT2D eigenvalue weighted by molar-refractivity contribution is 7.89. The summed E-state index contributed by atoms with van der Waals surface area (Å²) >= 11 is 0. The fourth-order valence-electron chi connectivity index (χ4n) is 2.28. The lowest BCUT2D eigenvalue weighted by atomic mass is 10.3. The summed E-state index contributed by atoms with van der Waals surface area (Å²) in [5.41, 5.74) is 0.345. The number of benzene rings is 1. The summed E-state index contributed by atoms with van der Waals surface area (Å²) in [6.07, 6.45) is 1.66. The van der Waals surface area contributed by atoms with Gasteiger partial charge in [0.05, 0.1) is 11.4 Å². The van der Waals surface area contributed by atoms with Crippen LogP contribution in [0.15, 0.2) is 58.4 Å². The molecule has 132 valence electrons. The molecule has 3 rings (SSSR count). The maximum atomic E-state index is 12.1. The molecule has 0 amide bonds. The fourth-order valence-corrected chi connectivity index (χ4v) is 3.18. The molecule has 0 unspecified atom stereocenters. The SMILES string of the molecule is CN(C)S(=O)(=O)c1ccc(OCCn2nc3ccccn3c2=O)cc1. The van der Waals surface area contributed by atoms with Gasteiger partial charge in [0.25, 0.3) is 0 Å². The molecule has 2 aromatic heterocycles. The molecule has 0 saturated carbocycles. The van der Waals surface area contributed by atoms with Crippen molar-refractivity contribution in [3.8, 4) is 5.75 Å². The quantitative estimate of drug-likeness (QED) is 0.648. The van der Waals surface area contributed by atoms with E-state index in [1.54, 1.807) is 30.5 Å². The van der Waals surface area contributed by atoms with E-state index in [0.29, 0.717) is 11.4 Å². The molecule has 2 heterocycles. The van der Waals surface area contributed by atoms with Crippen LogP contribution in [-0.2, 0) is 16.6 Å². The molecule has 1 aromatic carbocycles. The predicted molar refractivity (Wildman–Crippen MR) is 92.3 cm³/mol. The third kappa shape index (κ3) is 3.42. The van der Waals surface area contributed by atoms with Crippen molar-refractivity contribution in [1.29, 1.82) is 0 Å². The largest absolute Gasteiger partial charge is 0.492 e. The molecule has 0 radical (unpaired) electrons. The van der Waals surface area contributed by atoms with Gasteiger partial charge in [-0.1, -0.05) is 6.07 Å². The summed E-state index contributed by atoms with van der Waals surface area (Å²) in [5.74, 6) is 0.523. The second kappa shape index (κ2) is 6.69. The highest BCUT2D eigenvalue weighted by Crippen LogP contribution is 2.18. The Morgan fingerprint density at radius 3 is 2.48 bits per heavy atom. The first-order valence-electron chi connectivity index (χ1n) is 7.59. The monoisotopic (exact) mass is 362 g/mol. The minimum atomic E-state index is -3.46. The van der Waals surface area contributed by atoms with E-state index in [-0.39, 0.29) is 23.7 Å². The normalized spacial score (nSPS) is 12.0. The number of hydrogen-bond acceptors (Lipinski definition) is 5. The Morgan fingerprint density at radius 1 is 1.12 bits per heavy atom. The van der Waals surface area contributed by atoms with Gasteiger partial charge in [0.2, 0.25) is 10.0 Å². The zero-order chi connectivity index (χ0) is 18.0. The van der Waals surface area contributed by atoms with Crippen LogP contribution in [0.5, 0.6) is 5.75 Å². The van der Waals surface area contributed by atoms with Crippen LogP contribution < -0.4 is 10.4 Å². The summed E-state index contributed by atoms with van der Waals surface area (Å²) in [6, 6.07) is 11.5. The Kier molecular flexibility index (Phi) is 4.60. The van der Waals surface area contributed by atoms with Crippen molar-refractivity contribution in [3.63, 3.8) is 0 Å². The molecule has 0 aliphatic rings. The third-order valence-electron chi connectivity index (χ3n) is 3.66. The first-order valence-corrected chi connectivity index (χ1v) is 9.03. The van der Waals surface area contributed by atoms with Gasteiger partial charge in [-0.15, -0.1) is 5.10 Å². The van der Waals surface area contributed by atoms with E-state index < -0.39 is 10.0 Å². The number of nitrogens with zero attached hydrogens (tertiary/aromatic N) is 4. The Labute approximate surface area is 144 Å². The molecule has 0 atom stereocenters. The molecule has 0 saturated heterocycles. The lowest BCUT2D eigenvalue weighted by molar-refractivity contribution is 0.289. The summed E-state index contributed by atoms with van der Waals surface area (Å²) in [7, 11) is -0.501. The van der Waals surface area contributed by atoms with E-state index in [0.717, 1.165) is 4.31 Å². The number of hydrogen-bond donors (Lipinski definition) is 0. The van der Waals surface area contributed by atoms with Crippen LogP contribution in [0.25, 0.3) is 5.65 Å². The van der Waals surface area contributed by atoms with Gasteiger partial charge in [-0.25, -0.2) is 22.2 Å². The summed E-state index contributed by atoms with van der Waals surface area (Å²) in [6.45, 7) is 0.530. The van der Waals surface area contributed by atoms with Crippen LogP contribution in [0.4, 0.5) is 0 Å². The van der Waals surface area contributed by atoms with E-state index in [4.69, 9.17) is 4.74 Å². The first kappa shape index (κ1) is 17.2. The Bertz CT molecular complexity index is 1040. The zero-order valence-electron chi connectivity index (χ0n) is 13.9. The highest BCUT2D eigenvalue weighted by Gasteiger charge is 2.16. The van der Waals surface area contributed by atoms with E-state index in [2.05, 4.69) is 5.10 Å². The van der Waals surface area contributed by atoms with Crippen LogP contribution in [0.2, 0.25) is 0 Å². The molecular weight excluding hydrogens is 344 g/mol. The number of ether oxygens (including phenoxy) is 1. The van der Waals surface area contributed by atoms with E-state index in [1.165, 1.54) is 35.3 Å². The average molecular weight is 362 g/mol. The van der Waals surface area contributed by atoms with Gasteiger partial charge >= 0.3 is 5.69 Å². The van der Waals surface area contributed by atoms with Gasteiger partial charge < -0.3 is 4.74 Å². The third-order valence-corrected chi connectivity index (χ3v) is 5.49. The van der Waals surface area contributed by atoms with Gasteiger partial charge in [0.1, 0.15) is 12.4 Å². The van der Waals surface area contributed by atoms with Crippen molar-refractivity contribution in [2.45, 2.75) is 11.4 Å². The van der Waals surface area contributed by atoms with Crippen molar-refractivity contribution >= 4 is 15.7 Å². The van der Waals surface area contributed by atoms with Gasteiger partial charge in [-0.05, 0) is 36.4 Å². The molecule has 8 nitrogen and oxygen atoms in total. The second-order valence-corrected chi connectivity index (χ2v) is 7.69. The van der Waals surface area contributed by atoms with Crippen LogP contribution >= 0.6 is 0 Å². The Morgan fingerprint density at radius 2 is 1.84 bits per heavy atom.